The predicted octanol–water partition coefficient (Wildman–Crippen LogP) is 1.91. The number of ketones is 1. The second-order valence-corrected chi connectivity index (χ2v) is 5.20. The fourth-order valence-electron chi connectivity index (χ4n) is 2.17. The number of carbonyl (C=O) groups excluding carboxylic acids is 1. The van der Waals surface area contributed by atoms with Gasteiger partial charge in [-0.15, -0.1) is 0 Å². The summed E-state index contributed by atoms with van der Waals surface area (Å²) in [5, 5.41) is 0. The van der Waals surface area contributed by atoms with Crippen molar-refractivity contribution >= 4 is 23.0 Å². The molecule has 90 valence electrons. The van der Waals surface area contributed by atoms with E-state index in [0.29, 0.717) is 24.3 Å². The molecule has 1 heterocycles. The van der Waals surface area contributed by atoms with Crippen LogP contribution in [-0.4, -0.2) is 21.5 Å². The number of rotatable bonds is 1. The molecule has 5 heteroatoms. The number of nitrogen functional groups attached to an aromatic ring is 1. The van der Waals surface area contributed by atoms with E-state index in [0.717, 1.165) is 12.1 Å². The zero-order chi connectivity index (χ0) is 12.5. The summed E-state index contributed by atoms with van der Waals surface area (Å²) in [5.74, 6) is 0.582. The second-order valence-electron chi connectivity index (χ2n) is 5.20. The Labute approximate surface area is 100 Å². The molecule has 0 spiro atoms. The number of carbonyl (C=O) groups is 1. The van der Waals surface area contributed by atoms with Crippen LogP contribution in [-0.2, 0) is 4.79 Å². The fraction of sp³-hybridized carbons (Fsp3) is 0.500. The van der Waals surface area contributed by atoms with Gasteiger partial charge in [0.25, 0.3) is 0 Å². The first-order chi connectivity index (χ1) is 7.96. The number of Topliss-reactive ketones (excluding diaryl/α,β-unsaturated/α-hetero) is 1. The van der Waals surface area contributed by atoms with Gasteiger partial charge in [0.05, 0.1) is 6.20 Å². The Bertz CT molecular complexity index is 479. The smallest absolute Gasteiger partial charge is 0.152 e. The third-order valence-electron chi connectivity index (χ3n) is 2.76. The lowest BCUT2D eigenvalue weighted by Crippen LogP contribution is -2.28. The molecule has 0 saturated heterocycles. The van der Waals surface area contributed by atoms with Crippen LogP contribution in [0, 0.1) is 5.41 Å². The van der Waals surface area contributed by atoms with Crippen molar-refractivity contribution in [1.29, 1.82) is 0 Å². The van der Waals surface area contributed by atoms with Crippen LogP contribution in [0.1, 0.15) is 33.1 Å². The first-order valence-electron chi connectivity index (χ1n) is 5.60. The summed E-state index contributed by atoms with van der Waals surface area (Å²) in [4.78, 5) is 23.8. The molecule has 2 rings (SSSR count). The third-order valence-corrected chi connectivity index (χ3v) is 2.76. The lowest BCUT2D eigenvalue weighted by atomic mass is 9.76. The van der Waals surface area contributed by atoms with E-state index in [1.54, 1.807) is 6.20 Å². The van der Waals surface area contributed by atoms with E-state index in [2.05, 4.69) is 28.8 Å². The number of nitrogens with zero attached hydrogens (tertiary/aromatic N) is 3. The van der Waals surface area contributed by atoms with Gasteiger partial charge in [0.1, 0.15) is 17.8 Å². The number of aliphatic imine (C=N–C) groups is 1. The summed E-state index contributed by atoms with van der Waals surface area (Å²) in [5.41, 5.74) is 7.10. The van der Waals surface area contributed by atoms with Crippen molar-refractivity contribution in [3.63, 3.8) is 0 Å². The van der Waals surface area contributed by atoms with E-state index < -0.39 is 0 Å². The van der Waals surface area contributed by atoms with Crippen LogP contribution in [0.4, 0.5) is 11.5 Å². The maximum Gasteiger partial charge on any atom is 0.152 e. The molecule has 0 atom stereocenters. The van der Waals surface area contributed by atoms with Gasteiger partial charge in [0, 0.05) is 18.6 Å². The van der Waals surface area contributed by atoms with Gasteiger partial charge >= 0.3 is 0 Å². The first kappa shape index (κ1) is 11.7. The molecule has 0 bridgehead atoms. The summed E-state index contributed by atoms with van der Waals surface area (Å²) >= 11 is 0. The normalized spacial score (nSPS) is 21.8. The molecule has 1 aromatic rings. The van der Waals surface area contributed by atoms with Crippen molar-refractivity contribution in [3.05, 3.63) is 12.5 Å². The average Bonchev–Trinajstić information content (AvgIpc) is 2.18. The molecule has 1 fully saturated rings. The van der Waals surface area contributed by atoms with Gasteiger partial charge in [-0.1, -0.05) is 13.8 Å². The molecule has 0 amide bonds. The van der Waals surface area contributed by atoms with Crippen LogP contribution in [0.25, 0.3) is 0 Å². The number of anilines is 1. The van der Waals surface area contributed by atoms with E-state index in [4.69, 9.17) is 5.73 Å². The largest absolute Gasteiger partial charge is 0.382 e. The van der Waals surface area contributed by atoms with Gasteiger partial charge in [-0.3, -0.25) is 9.79 Å². The van der Waals surface area contributed by atoms with Gasteiger partial charge in [-0.2, -0.15) is 0 Å². The Balaban J connectivity index is 2.28. The highest BCUT2D eigenvalue weighted by Crippen LogP contribution is 2.33. The molecule has 0 aliphatic heterocycles. The molecule has 0 unspecified atom stereocenters. The minimum absolute atomic E-state index is 0.0153. The maximum absolute atomic E-state index is 11.6. The highest BCUT2D eigenvalue weighted by molar-refractivity contribution is 6.05. The standard InChI is InChI=1S/C12H16N4O/c1-12(2)4-8(3-9(17)5-12)16-10-6-14-7-15-11(10)13/h6-7H,3-5H2,1-2H3,(H2,13,14,15). The maximum atomic E-state index is 11.6. The van der Waals surface area contributed by atoms with E-state index in [1.807, 2.05) is 0 Å². The van der Waals surface area contributed by atoms with Crippen LogP contribution < -0.4 is 5.73 Å². The van der Waals surface area contributed by atoms with Crippen molar-refractivity contribution < 1.29 is 4.79 Å². The summed E-state index contributed by atoms with van der Waals surface area (Å²) in [6.07, 6.45) is 4.80. The highest BCUT2D eigenvalue weighted by Gasteiger charge is 2.30. The Morgan fingerprint density at radius 1 is 1.41 bits per heavy atom. The number of hydrogen-bond donors (Lipinski definition) is 1. The topological polar surface area (TPSA) is 81.2 Å². The Hall–Kier alpha value is -1.78. The average molecular weight is 232 g/mol. The lowest BCUT2D eigenvalue weighted by molar-refractivity contribution is -0.120. The Morgan fingerprint density at radius 3 is 2.82 bits per heavy atom. The van der Waals surface area contributed by atoms with Crippen LogP contribution in [0.15, 0.2) is 17.5 Å². The summed E-state index contributed by atoms with van der Waals surface area (Å²) in [7, 11) is 0. The van der Waals surface area contributed by atoms with Gasteiger partial charge in [-0.05, 0) is 11.8 Å². The first-order valence-corrected chi connectivity index (χ1v) is 5.60. The SMILES string of the molecule is CC1(C)CC(=O)CC(=Nc2cncnc2N)C1. The van der Waals surface area contributed by atoms with Crippen LogP contribution in [0.5, 0.6) is 0 Å². The monoisotopic (exact) mass is 232 g/mol. The van der Waals surface area contributed by atoms with Gasteiger partial charge in [0.2, 0.25) is 0 Å². The van der Waals surface area contributed by atoms with E-state index in [9.17, 15) is 4.79 Å². The van der Waals surface area contributed by atoms with Crippen LogP contribution >= 0.6 is 0 Å². The number of aromatic nitrogens is 2. The molecular formula is C12H16N4O. The Morgan fingerprint density at radius 2 is 2.18 bits per heavy atom. The molecule has 1 aliphatic carbocycles. The van der Waals surface area contributed by atoms with Crippen LogP contribution in [0.3, 0.4) is 0 Å². The molecular weight excluding hydrogens is 216 g/mol. The molecule has 1 aliphatic rings. The summed E-state index contributed by atoms with van der Waals surface area (Å²) in [6, 6.07) is 0. The molecule has 1 aromatic heterocycles. The summed E-state index contributed by atoms with van der Waals surface area (Å²) in [6.45, 7) is 4.15. The van der Waals surface area contributed by atoms with Gasteiger partial charge < -0.3 is 5.73 Å². The number of nitrogens with two attached hydrogens (primary N) is 1. The molecule has 17 heavy (non-hydrogen) atoms. The molecule has 0 aromatic carbocycles. The van der Waals surface area contributed by atoms with E-state index in [1.165, 1.54) is 6.33 Å². The number of hydrogen-bond acceptors (Lipinski definition) is 5. The predicted molar refractivity (Wildman–Crippen MR) is 66.2 cm³/mol. The van der Waals surface area contributed by atoms with E-state index in [-0.39, 0.29) is 11.2 Å². The van der Waals surface area contributed by atoms with E-state index >= 15 is 0 Å². The van der Waals surface area contributed by atoms with Gasteiger partial charge in [-0.25, -0.2) is 9.97 Å². The molecule has 2 N–H and O–H groups in total. The minimum atomic E-state index is -0.0153. The van der Waals surface area contributed by atoms with Gasteiger partial charge in [0.15, 0.2) is 5.82 Å². The highest BCUT2D eigenvalue weighted by atomic mass is 16.1. The van der Waals surface area contributed by atoms with Crippen molar-refractivity contribution in [3.8, 4) is 0 Å². The molecule has 0 radical (unpaired) electrons. The van der Waals surface area contributed by atoms with Crippen molar-refractivity contribution in [2.45, 2.75) is 33.1 Å². The van der Waals surface area contributed by atoms with Crippen LogP contribution in [0.2, 0.25) is 0 Å². The fourth-order valence-corrected chi connectivity index (χ4v) is 2.17. The quantitative estimate of drug-likeness (QED) is 0.801. The lowest BCUT2D eigenvalue weighted by Gasteiger charge is -2.29. The zero-order valence-electron chi connectivity index (χ0n) is 10.1. The van der Waals surface area contributed by atoms with Crippen molar-refractivity contribution in [1.82, 2.24) is 9.97 Å². The third kappa shape index (κ3) is 2.87. The second kappa shape index (κ2) is 4.24. The minimum Gasteiger partial charge on any atom is -0.382 e. The molecule has 5 nitrogen and oxygen atoms in total. The molecule has 1 saturated carbocycles. The van der Waals surface area contributed by atoms with Crippen molar-refractivity contribution in [2.75, 3.05) is 5.73 Å². The zero-order valence-corrected chi connectivity index (χ0v) is 10.1. The van der Waals surface area contributed by atoms with Crippen molar-refractivity contribution in [2.24, 2.45) is 10.4 Å². The Kier molecular flexibility index (Phi) is 2.92. The summed E-state index contributed by atoms with van der Waals surface area (Å²) < 4.78 is 0.